The number of amides is 2. The number of nitrogens with zero attached hydrogens (tertiary/aromatic N) is 1. The van der Waals surface area contributed by atoms with Crippen molar-refractivity contribution < 1.29 is 34.2 Å². The van der Waals surface area contributed by atoms with Crippen LogP contribution >= 0.6 is 34.5 Å². The number of hydrogen-bond acceptors (Lipinski definition) is 7. The third-order valence-corrected chi connectivity index (χ3v) is 8.27. The molecule has 1 atom stereocenters. The number of carboxylic acids is 1. The highest BCUT2D eigenvalue weighted by molar-refractivity contribution is 7.12. The fraction of sp³-hybridized carbons (Fsp3) is 0.0938. The van der Waals surface area contributed by atoms with E-state index >= 15 is 0 Å². The Bertz CT molecular complexity index is 1950. The normalized spacial score (nSPS) is 11.6. The molecule has 4 N–H and O–H groups in total. The summed E-state index contributed by atoms with van der Waals surface area (Å²) in [6.07, 6.45) is -0.720. The highest BCUT2D eigenvalue weighted by Gasteiger charge is 2.30. The van der Waals surface area contributed by atoms with Crippen LogP contribution in [0.1, 0.15) is 52.9 Å². The van der Waals surface area contributed by atoms with Gasteiger partial charge in [-0.05, 0) is 53.4 Å². The Labute approximate surface area is 269 Å². The first-order valence-electron chi connectivity index (χ1n) is 13.3. The van der Waals surface area contributed by atoms with Gasteiger partial charge < -0.3 is 20.8 Å². The van der Waals surface area contributed by atoms with Gasteiger partial charge in [0.25, 0.3) is 17.7 Å². The molecule has 2 heterocycles. The average Bonchev–Trinajstić information content (AvgIpc) is 3.68. The summed E-state index contributed by atoms with van der Waals surface area (Å²) in [4.78, 5) is 65.2. The summed E-state index contributed by atoms with van der Waals surface area (Å²) in [6.45, 7) is 0.0982. The quantitative estimate of drug-likeness (QED) is 0.138. The van der Waals surface area contributed by atoms with Gasteiger partial charge in [-0.15, -0.1) is 11.3 Å². The number of rotatable bonds is 10. The fourth-order valence-corrected chi connectivity index (χ4v) is 6.04. The largest absolute Gasteiger partial charge is 0.508 e. The van der Waals surface area contributed by atoms with Crippen molar-refractivity contribution in [3.8, 4) is 5.75 Å². The van der Waals surface area contributed by atoms with Gasteiger partial charge in [0.1, 0.15) is 17.5 Å². The maximum atomic E-state index is 13.4. The van der Waals surface area contributed by atoms with Gasteiger partial charge in [-0.25, -0.2) is 4.79 Å². The Morgan fingerprint density at radius 2 is 1.60 bits per heavy atom. The van der Waals surface area contributed by atoms with Gasteiger partial charge in [0.05, 0.1) is 26.0 Å². The van der Waals surface area contributed by atoms with Crippen molar-refractivity contribution >= 4 is 74.9 Å². The molecule has 0 aliphatic heterocycles. The lowest BCUT2D eigenvalue weighted by Gasteiger charge is -2.16. The van der Waals surface area contributed by atoms with Crippen LogP contribution < -0.4 is 10.6 Å². The zero-order valence-electron chi connectivity index (χ0n) is 23.1. The van der Waals surface area contributed by atoms with E-state index in [4.69, 9.17) is 23.2 Å². The van der Waals surface area contributed by atoms with Gasteiger partial charge in [0, 0.05) is 23.9 Å². The molecule has 0 saturated carbocycles. The van der Waals surface area contributed by atoms with Gasteiger partial charge in [-0.2, -0.15) is 0 Å². The van der Waals surface area contributed by atoms with E-state index in [1.807, 2.05) is 0 Å². The summed E-state index contributed by atoms with van der Waals surface area (Å²) >= 11 is 13.9. The van der Waals surface area contributed by atoms with Crippen LogP contribution in [-0.4, -0.2) is 50.3 Å². The maximum absolute atomic E-state index is 13.4. The van der Waals surface area contributed by atoms with Crippen LogP contribution in [0.3, 0.4) is 0 Å². The maximum Gasteiger partial charge on any atom is 0.326 e. The number of para-hydroxylation sites is 1. The van der Waals surface area contributed by atoms with Crippen LogP contribution in [0.25, 0.3) is 10.9 Å². The molecule has 0 saturated heterocycles. The second kappa shape index (κ2) is 13.3. The Kier molecular flexibility index (Phi) is 9.33. The number of thiophene rings is 1. The number of aliphatic carboxylic acids is 1. The predicted molar refractivity (Wildman–Crippen MR) is 170 cm³/mol. The lowest BCUT2D eigenvalue weighted by molar-refractivity contribution is -0.139. The zero-order valence-corrected chi connectivity index (χ0v) is 25.4. The van der Waals surface area contributed by atoms with Crippen molar-refractivity contribution in [2.24, 2.45) is 0 Å². The number of phenols is 1. The lowest BCUT2D eigenvalue weighted by Crippen LogP contribution is -2.43. The number of phenolic OH excluding ortho intramolecular Hbond substituents is 1. The van der Waals surface area contributed by atoms with E-state index in [1.54, 1.807) is 53.9 Å². The SMILES string of the molecule is O=C(NCc1cccc(O)c1)c1cc(Cl)c(C(=O)CC(NC(=O)c2cc3ccccc3n2C(=O)c2cccs2)C(=O)O)c(Cl)c1. The first-order valence-corrected chi connectivity index (χ1v) is 15.0. The predicted octanol–water partition coefficient (Wildman–Crippen LogP) is 5.79. The second-order valence-corrected chi connectivity index (χ2v) is 11.6. The zero-order chi connectivity index (χ0) is 32.2. The van der Waals surface area contributed by atoms with Gasteiger partial charge >= 0.3 is 5.97 Å². The Morgan fingerprint density at radius 3 is 2.27 bits per heavy atom. The van der Waals surface area contributed by atoms with Gasteiger partial charge in [-0.3, -0.25) is 23.7 Å². The summed E-state index contributed by atoms with van der Waals surface area (Å²) in [5.41, 5.74) is 0.822. The van der Waals surface area contributed by atoms with Crippen molar-refractivity contribution in [3.05, 3.63) is 122 Å². The Morgan fingerprint density at radius 1 is 0.867 bits per heavy atom. The van der Waals surface area contributed by atoms with E-state index in [9.17, 15) is 34.2 Å². The third kappa shape index (κ3) is 6.91. The summed E-state index contributed by atoms with van der Waals surface area (Å²) < 4.78 is 1.20. The molecular formula is C32H23Cl2N3O7S. The summed E-state index contributed by atoms with van der Waals surface area (Å²) in [7, 11) is 0. The number of nitrogens with one attached hydrogen (secondary N) is 2. The molecule has 3 aromatic carbocycles. The average molecular weight is 665 g/mol. The number of carboxylic acid groups (broad SMARTS) is 1. The van der Waals surface area contributed by atoms with E-state index in [0.717, 1.165) is 0 Å². The first-order chi connectivity index (χ1) is 21.5. The monoisotopic (exact) mass is 663 g/mol. The molecule has 0 aliphatic carbocycles. The number of halogens is 2. The highest BCUT2D eigenvalue weighted by atomic mass is 35.5. The standard InChI is InChI=1S/C32H23Cl2N3O7S/c33-21-12-19(29(40)35-16-17-5-3-7-20(38)11-17)13-22(34)28(21)26(39)15-23(32(43)44)36-30(41)25-14-18-6-1-2-8-24(18)37(25)31(42)27-9-4-10-45-27/h1-14,23,38H,15-16H2,(H,35,40)(H,36,41)(H,43,44). The molecule has 45 heavy (non-hydrogen) atoms. The molecule has 1 unspecified atom stereocenters. The minimum absolute atomic E-state index is 0.0424. The van der Waals surface area contributed by atoms with Crippen molar-refractivity contribution in [3.63, 3.8) is 0 Å². The van der Waals surface area contributed by atoms with Gasteiger partial charge in [-0.1, -0.05) is 59.6 Å². The summed E-state index contributed by atoms with van der Waals surface area (Å²) in [6, 6.07) is 18.7. The molecule has 0 bridgehead atoms. The molecule has 2 amide bonds. The second-order valence-electron chi connectivity index (χ2n) is 9.87. The number of fused-ring (bicyclic) bond motifs is 1. The van der Waals surface area contributed by atoms with E-state index in [1.165, 1.54) is 46.2 Å². The van der Waals surface area contributed by atoms with Crippen LogP contribution in [0.5, 0.6) is 5.75 Å². The molecule has 13 heteroatoms. The molecule has 228 valence electrons. The minimum atomic E-state index is -1.70. The van der Waals surface area contributed by atoms with Crippen molar-refractivity contribution in [1.29, 1.82) is 0 Å². The summed E-state index contributed by atoms with van der Waals surface area (Å²) in [5, 5.41) is 26.4. The number of Topliss-reactive ketones (excluding diaryl/α,β-unsaturated/α-hetero) is 1. The molecule has 0 radical (unpaired) electrons. The van der Waals surface area contributed by atoms with Crippen LogP contribution in [0.2, 0.25) is 10.0 Å². The molecule has 2 aromatic heterocycles. The minimum Gasteiger partial charge on any atom is -0.508 e. The molecule has 0 spiro atoms. The van der Waals surface area contributed by atoms with E-state index in [2.05, 4.69) is 10.6 Å². The fourth-order valence-electron chi connectivity index (χ4n) is 4.69. The molecule has 10 nitrogen and oxygen atoms in total. The van der Waals surface area contributed by atoms with E-state index in [-0.39, 0.29) is 39.2 Å². The number of carbonyl (C=O) groups excluding carboxylic acids is 4. The molecule has 0 fully saturated rings. The Balaban J connectivity index is 1.34. The van der Waals surface area contributed by atoms with Crippen molar-refractivity contribution in [2.75, 3.05) is 0 Å². The number of carbonyl (C=O) groups is 5. The van der Waals surface area contributed by atoms with Crippen LogP contribution in [0, 0.1) is 0 Å². The Hall–Kier alpha value is -4.97. The van der Waals surface area contributed by atoms with Gasteiger partial charge in [0.2, 0.25) is 0 Å². The van der Waals surface area contributed by atoms with Crippen LogP contribution in [0.15, 0.2) is 84.2 Å². The van der Waals surface area contributed by atoms with Crippen LogP contribution in [0.4, 0.5) is 0 Å². The van der Waals surface area contributed by atoms with Crippen molar-refractivity contribution in [2.45, 2.75) is 19.0 Å². The van der Waals surface area contributed by atoms with Crippen molar-refractivity contribution in [1.82, 2.24) is 15.2 Å². The highest BCUT2D eigenvalue weighted by Crippen LogP contribution is 2.29. The number of hydrogen-bond donors (Lipinski definition) is 4. The number of ketones is 1. The van der Waals surface area contributed by atoms with E-state index < -0.39 is 41.9 Å². The lowest BCUT2D eigenvalue weighted by atomic mass is 10.0. The topological polar surface area (TPSA) is 155 Å². The molecule has 5 rings (SSSR count). The number of aromatic nitrogens is 1. The summed E-state index contributed by atoms with van der Waals surface area (Å²) in [5.74, 6) is -4.15. The van der Waals surface area contributed by atoms with Crippen LogP contribution in [-0.2, 0) is 11.3 Å². The molecular weight excluding hydrogens is 641 g/mol. The molecule has 0 aliphatic rings. The molecule has 5 aromatic rings. The van der Waals surface area contributed by atoms with E-state index in [0.29, 0.717) is 21.3 Å². The number of aromatic hydroxyl groups is 1. The first kappa shape index (κ1) is 31.5. The smallest absolute Gasteiger partial charge is 0.326 e. The third-order valence-electron chi connectivity index (χ3n) is 6.82. The van der Waals surface area contributed by atoms with Gasteiger partial charge in [0.15, 0.2) is 5.78 Å². The number of benzene rings is 3.